The zero-order valence-electron chi connectivity index (χ0n) is 11.0. The van der Waals surface area contributed by atoms with E-state index in [-0.39, 0.29) is 34.3 Å². The van der Waals surface area contributed by atoms with Crippen LogP contribution in [0.15, 0.2) is 36.4 Å². The monoisotopic (exact) mass is 317 g/mol. The van der Waals surface area contributed by atoms with Gasteiger partial charge in [-0.05, 0) is 24.3 Å². The van der Waals surface area contributed by atoms with Crippen molar-refractivity contribution >= 4 is 23.3 Å². The molecular formula is C14H8ClN3O4. The van der Waals surface area contributed by atoms with E-state index in [1.54, 1.807) is 0 Å². The van der Waals surface area contributed by atoms with Crippen molar-refractivity contribution in [1.82, 2.24) is 4.98 Å². The van der Waals surface area contributed by atoms with Crippen LogP contribution < -0.4 is 4.74 Å². The summed E-state index contributed by atoms with van der Waals surface area (Å²) in [6.07, 6.45) is -0.236. The molecule has 0 aliphatic rings. The minimum absolute atomic E-state index is 0.108. The number of non-ortho nitro benzene ring substituents is 1. The fraction of sp³-hybridized carbons (Fsp3) is 0.0714. The molecule has 0 saturated heterocycles. The summed E-state index contributed by atoms with van der Waals surface area (Å²) in [6.45, 7) is 0. The fourth-order valence-corrected chi connectivity index (χ4v) is 1.82. The van der Waals surface area contributed by atoms with Gasteiger partial charge in [0, 0.05) is 12.1 Å². The number of benzene rings is 1. The van der Waals surface area contributed by atoms with Gasteiger partial charge < -0.3 is 4.74 Å². The second kappa shape index (κ2) is 6.65. The minimum Gasteiger partial charge on any atom is -0.426 e. The Morgan fingerprint density at radius 3 is 2.59 bits per heavy atom. The topological polar surface area (TPSA) is 106 Å². The van der Waals surface area contributed by atoms with Crippen LogP contribution in [0, 0.1) is 21.4 Å². The molecule has 2 aromatic rings. The quantitative estimate of drug-likeness (QED) is 0.282. The number of nitro groups is 1. The first-order chi connectivity index (χ1) is 10.5. The molecule has 0 unspecified atom stereocenters. The predicted molar refractivity (Wildman–Crippen MR) is 76.4 cm³/mol. The highest BCUT2D eigenvalue weighted by atomic mass is 35.5. The molecule has 0 aliphatic heterocycles. The molecule has 0 saturated carbocycles. The molecule has 0 bridgehead atoms. The Morgan fingerprint density at radius 2 is 2.00 bits per heavy atom. The SMILES string of the molecule is N#Cc1ccc(Cl)nc1CC(=O)Oc1ccc([N+](=O)[O-])cc1. The van der Waals surface area contributed by atoms with Crippen molar-refractivity contribution in [2.45, 2.75) is 6.42 Å². The fourth-order valence-electron chi connectivity index (χ4n) is 1.65. The summed E-state index contributed by atoms with van der Waals surface area (Å²) in [5, 5.41) is 19.6. The average molecular weight is 318 g/mol. The zero-order chi connectivity index (χ0) is 16.1. The first kappa shape index (κ1) is 15.4. The lowest BCUT2D eigenvalue weighted by atomic mass is 10.1. The number of carbonyl (C=O) groups excluding carboxylic acids is 1. The highest BCUT2D eigenvalue weighted by Crippen LogP contribution is 2.18. The number of halogens is 1. The normalized spacial score (nSPS) is 9.82. The molecule has 22 heavy (non-hydrogen) atoms. The van der Waals surface area contributed by atoms with Crippen molar-refractivity contribution < 1.29 is 14.5 Å². The number of nitro benzene ring substituents is 1. The minimum atomic E-state index is -0.653. The molecule has 8 heteroatoms. The largest absolute Gasteiger partial charge is 0.426 e. The van der Waals surface area contributed by atoms with E-state index in [2.05, 4.69) is 4.98 Å². The van der Waals surface area contributed by atoms with Crippen LogP contribution in [0.25, 0.3) is 0 Å². The van der Waals surface area contributed by atoms with Crippen molar-refractivity contribution in [3.63, 3.8) is 0 Å². The van der Waals surface area contributed by atoms with Gasteiger partial charge in [0.2, 0.25) is 0 Å². The number of esters is 1. The van der Waals surface area contributed by atoms with Gasteiger partial charge in [0.05, 0.1) is 22.6 Å². The molecule has 0 spiro atoms. The predicted octanol–water partition coefficient (Wildman–Crippen LogP) is 2.66. The third-order valence-corrected chi connectivity index (χ3v) is 2.86. The van der Waals surface area contributed by atoms with Gasteiger partial charge >= 0.3 is 5.97 Å². The van der Waals surface area contributed by atoms with Crippen LogP contribution in [0.4, 0.5) is 5.69 Å². The highest BCUT2D eigenvalue weighted by molar-refractivity contribution is 6.29. The van der Waals surface area contributed by atoms with E-state index < -0.39 is 10.9 Å². The molecule has 1 aromatic carbocycles. The Hall–Kier alpha value is -2.98. The molecule has 2 rings (SSSR count). The Labute approximate surface area is 129 Å². The van der Waals surface area contributed by atoms with Gasteiger partial charge in [0.25, 0.3) is 5.69 Å². The van der Waals surface area contributed by atoms with Crippen molar-refractivity contribution in [3.8, 4) is 11.8 Å². The van der Waals surface area contributed by atoms with Gasteiger partial charge in [-0.15, -0.1) is 0 Å². The maximum Gasteiger partial charge on any atom is 0.317 e. The molecule has 0 fully saturated rings. The number of carbonyl (C=O) groups is 1. The molecule has 0 aliphatic carbocycles. The van der Waals surface area contributed by atoms with Crippen molar-refractivity contribution in [3.05, 3.63) is 62.9 Å². The third kappa shape index (κ3) is 3.77. The van der Waals surface area contributed by atoms with Gasteiger partial charge in [-0.25, -0.2) is 4.98 Å². The number of pyridine rings is 1. The zero-order valence-corrected chi connectivity index (χ0v) is 11.8. The molecule has 7 nitrogen and oxygen atoms in total. The first-order valence-corrected chi connectivity index (χ1v) is 6.38. The molecule has 110 valence electrons. The number of ether oxygens (including phenoxy) is 1. The number of nitriles is 1. The lowest BCUT2D eigenvalue weighted by Gasteiger charge is -2.05. The van der Waals surface area contributed by atoms with Crippen LogP contribution in [0.2, 0.25) is 5.15 Å². The molecule has 0 atom stereocenters. The number of aromatic nitrogens is 1. The lowest BCUT2D eigenvalue weighted by molar-refractivity contribution is -0.384. The van der Waals surface area contributed by atoms with Crippen LogP contribution >= 0.6 is 11.6 Å². The summed E-state index contributed by atoms with van der Waals surface area (Å²) in [5.74, 6) is -0.490. The molecule has 1 aromatic heterocycles. The summed E-state index contributed by atoms with van der Waals surface area (Å²) < 4.78 is 5.04. The van der Waals surface area contributed by atoms with E-state index in [4.69, 9.17) is 21.6 Å². The summed E-state index contributed by atoms with van der Waals surface area (Å²) in [7, 11) is 0. The standard InChI is InChI=1S/C14H8ClN3O4/c15-13-6-1-9(8-16)12(17-13)7-14(19)22-11-4-2-10(3-5-11)18(20)21/h1-6H,7H2. The number of rotatable bonds is 4. The second-order valence-corrected chi connectivity index (χ2v) is 4.53. The molecule has 0 amide bonds. The smallest absolute Gasteiger partial charge is 0.317 e. The van der Waals surface area contributed by atoms with E-state index in [1.165, 1.54) is 36.4 Å². The highest BCUT2D eigenvalue weighted by Gasteiger charge is 2.13. The van der Waals surface area contributed by atoms with Crippen molar-refractivity contribution in [2.24, 2.45) is 0 Å². The van der Waals surface area contributed by atoms with Gasteiger partial charge in [0.1, 0.15) is 17.0 Å². The van der Waals surface area contributed by atoms with E-state index >= 15 is 0 Å². The van der Waals surface area contributed by atoms with E-state index in [1.807, 2.05) is 6.07 Å². The van der Waals surface area contributed by atoms with Gasteiger partial charge in [0.15, 0.2) is 0 Å². The summed E-state index contributed by atoms with van der Waals surface area (Å²) in [6, 6.07) is 9.89. The third-order valence-electron chi connectivity index (χ3n) is 2.65. The lowest BCUT2D eigenvalue weighted by Crippen LogP contribution is -2.13. The van der Waals surface area contributed by atoms with Crippen LogP contribution in [0.3, 0.4) is 0 Å². The van der Waals surface area contributed by atoms with E-state index in [9.17, 15) is 14.9 Å². The summed E-state index contributed by atoms with van der Waals surface area (Å²) in [4.78, 5) is 25.7. The maximum atomic E-state index is 11.8. The molecule has 1 heterocycles. The Balaban J connectivity index is 2.09. The molecule has 0 radical (unpaired) electrons. The van der Waals surface area contributed by atoms with Gasteiger partial charge in [-0.3, -0.25) is 14.9 Å². The second-order valence-electron chi connectivity index (χ2n) is 4.14. The Kier molecular flexibility index (Phi) is 4.66. The van der Waals surface area contributed by atoms with Crippen molar-refractivity contribution in [2.75, 3.05) is 0 Å². The number of hydrogen-bond donors (Lipinski definition) is 0. The summed E-state index contributed by atoms with van der Waals surface area (Å²) >= 11 is 5.73. The Bertz CT molecular complexity index is 769. The van der Waals surface area contributed by atoms with E-state index in [0.717, 1.165) is 0 Å². The van der Waals surface area contributed by atoms with Crippen LogP contribution in [-0.4, -0.2) is 15.9 Å². The van der Waals surface area contributed by atoms with Crippen LogP contribution in [0.5, 0.6) is 5.75 Å². The number of hydrogen-bond acceptors (Lipinski definition) is 6. The van der Waals surface area contributed by atoms with Crippen LogP contribution in [-0.2, 0) is 11.2 Å². The summed E-state index contributed by atoms with van der Waals surface area (Å²) in [5.41, 5.74) is 0.329. The van der Waals surface area contributed by atoms with Crippen LogP contribution in [0.1, 0.15) is 11.3 Å². The Morgan fingerprint density at radius 1 is 1.32 bits per heavy atom. The maximum absolute atomic E-state index is 11.8. The van der Waals surface area contributed by atoms with Crippen molar-refractivity contribution in [1.29, 1.82) is 5.26 Å². The average Bonchev–Trinajstić information content (AvgIpc) is 2.48. The number of nitrogens with zero attached hydrogens (tertiary/aromatic N) is 3. The first-order valence-electron chi connectivity index (χ1n) is 6.00. The van der Waals surface area contributed by atoms with E-state index in [0.29, 0.717) is 0 Å². The molecular weight excluding hydrogens is 310 g/mol. The molecule has 0 N–H and O–H groups in total. The van der Waals surface area contributed by atoms with Gasteiger partial charge in [-0.1, -0.05) is 11.6 Å². The van der Waals surface area contributed by atoms with Gasteiger partial charge in [-0.2, -0.15) is 5.26 Å².